The second kappa shape index (κ2) is 6.43. The summed E-state index contributed by atoms with van der Waals surface area (Å²) in [4.78, 5) is 14.2. The first-order valence-corrected chi connectivity index (χ1v) is 6.65. The number of amides is 2. The van der Waals surface area contributed by atoms with Crippen molar-refractivity contribution in [3.05, 3.63) is 24.3 Å². The van der Waals surface area contributed by atoms with E-state index in [1.807, 2.05) is 24.3 Å². The normalized spacial score (nSPS) is 19.2. The molecule has 0 aromatic heterocycles. The van der Waals surface area contributed by atoms with Crippen LogP contribution in [-0.2, 0) is 0 Å². The topological polar surface area (TPSA) is 53.6 Å². The largest absolute Gasteiger partial charge is 0.497 e. The summed E-state index contributed by atoms with van der Waals surface area (Å²) in [5.41, 5.74) is 0.767. The standard InChI is InChI=1S/C14H21N3O2/c1-3-17-9-8-12(10-17)16-14(18)15-11-4-6-13(19-2)7-5-11/h4-7,12H,3,8-10H2,1-2H3,(H2,15,16,18)/t12-/m0/s1. The predicted octanol–water partition coefficient (Wildman–Crippen LogP) is 1.91. The lowest BCUT2D eigenvalue weighted by Crippen LogP contribution is -2.39. The van der Waals surface area contributed by atoms with E-state index in [4.69, 9.17) is 4.74 Å². The van der Waals surface area contributed by atoms with Crippen LogP contribution in [0.3, 0.4) is 0 Å². The van der Waals surface area contributed by atoms with E-state index in [-0.39, 0.29) is 12.1 Å². The molecule has 1 atom stereocenters. The van der Waals surface area contributed by atoms with Crippen molar-refractivity contribution in [3.63, 3.8) is 0 Å². The number of carbonyl (C=O) groups excluding carboxylic acids is 1. The fourth-order valence-electron chi connectivity index (χ4n) is 2.26. The highest BCUT2D eigenvalue weighted by molar-refractivity contribution is 5.89. The molecule has 1 saturated heterocycles. The molecule has 2 rings (SSSR count). The lowest BCUT2D eigenvalue weighted by atomic mass is 10.2. The summed E-state index contributed by atoms with van der Waals surface area (Å²) in [5.74, 6) is 0.778. The number of nitrogens with one attached hydrogen (secondary N) is 2. The van der Waals surface area contributed by atoms with Crippen LogP contribution < -0.4 is 15.4 Å². The lowest BCUT2D eigenvalue weighted by molar-refractivity contribution is 0.248. The second-order valence-electron chi connectivity index (χ2n) is 4.71. The maximum Gasteiger partial charge on any atom is 0.319 e. The van der Waals surface area contributed by atoms with E-state index in [1.165, 1.54) is 0 Å². The van der Waals surface area contributed by atoms with Gasteiger partial charge in [0.1, 0.15) is 5.75 Å². The van der Waals surface area contributed by atoms with Crippen LogP contribution in [-0.4, -0.2) is 43.7 Å². The van der Waals surface area contributed by atoms with Gasteiger partial charge in [-0.15, -0.1) is 0 Å². The zero-order valence-corrected chi connectivity index (χ0v) is 11.5. The molecule has 1 fully saturated rings. The molecule has 2 N–H and O–H groups in total. The zero-order valence-electron chi connectivity index (χ0n) is 11.5. The molecule has 0 saturated carbocycles. The van der Waals surface area contributed by atoms with Crippen LogP contribution >= 0.6 is 0 Å². The van der Waals surface area contributed by atoms with Gasteiger partial charge >= 0.3 is 6.03 Å². The lowest BCUT2D eigenvalue weighted by Gasteiger charge is -2.15. The van der Waals surface area contributed by atoms with Gasteiger partial charge in [-0.05, 0) is 37.2 Å². The number of rotatable bonds is 4. The molecule has 1 aromatic carbocycles. The third-order valence-corrected chi connectivity index (χ3v) is 3.40. The molecule has 2 amide bonds. The SMILES string of the molecule is CCN1CC[C@H](NC(=O)Nc2ccc(OC)cc2)C1. The van der Waals surface area contributed by atoms with Gasteiger partial charge in [0.25, 0.3) is 0 Å². The fourth-order valence-corrected chi connectivity index (χ4v) is 2.26. The summed E-state index contributed by atoms with van der Waals surface area (Å²) in [7, 11) is 1.62. The van der Waals surface area contributed by atoms with E-state index < -0.39 is 0 Å². The first-order chi connectivity index (χ1) is 9.21. The van der Waals surface area contributed by atoms with Crippen molar-refractivity contribution >= 4 is 11.7 Å². The van der Waals surface area contributed by atoms with Crippen LogP contribution in [0.1, 0.15) is 13.3 Å². The van der Waals surface area contributed by atoms with Crippen LogP contribution in [0.25, 0.3) is 0 Å². The van der Waals surface area contributed by atoms with Crippen molar-refractivity contribution in [2.45, 2.75) is 19.4 Å². The number of nitrogens with zero attached hydrogens (tertiary/aromatic N) is 1. The number of urea groups is 1. The van der Waals surface area contributed by atoms with Crippen LogP contribution in [0, 0.1) is 0 Å². The summed E-state index contributed by atoms with van der Waals surface area (Å²) in [5, 5.41) is 5.83. The average Bonchev–Trinajstić information content (AvgIpc) is 2.87. The number of methoxy groups -OCH3 is 1. The molecule has 1 aromatic rings. The quantitative estimate of drug-likeness (QED) is 0.872. The van der Waals surface area contributed by atoms with Gasteiger partial charge in [-0.3, -0.25) is 0 Å². The van der Waals surface area contributed by atoms with Gasteiger partial charge in [-0.1, -0.05) is 6.92 Å². The number of ether oxygens (including phenoxy) is 1. The van der Waals surface area contributed by atoms with Gasteiger partial charge < -0.3 is 20.3 Å². The minimum atomic E-state index is -0.145. The Bertz CT molecular complexity index is 419. The number of hydrogen-bond acceptors (Lipinski definition) is 3. The third-order valence-electron chi connectivity index (χ3n) is 3.40. The van der Waals surface area contributed by atoms with Gasteiger partial charge in [-0.2, -0.15) is 0 Å². The van der Waals surface area contributed by atoms with E-state index >= 15 is 0 Å². The summed E-state index contributed by atoms with van der Waals surface area (Å²) >= 11 is 0. The number of likely N-dealkylation sites (N-methyl/N-ethyl adjacent to an activating group) is 1. The first-order valence-electron chi connectivity index (χ1n) is 6.65. The van der Waals surface area contributed by atoms with Crippen LogP contribution in [0.2, 0.25) is 0 Å². The van der Waals surface area contributed by atoms with Crippen molar-refractivity contribution in [1.82, 2.24) is 10.2 Å². The average molecular weight is 263 g/mol. The maximum absolute atomic E-state index is 11.8. The molecule has 5 heteroatoms. The highest BCUT2D eigenvalue weighted by Crippen LogP contribution is 2.15. The van der Waals surface area contributed by atoms with Crippen LogP contribution in [0.5, 0.6) is 5.75 Å². The molecule has 1 aliphatic rings. The molecule has 5 nitrogen and oxygen atoms in total. The second-order valence-corrected chi connectivity index (χ2v) is 4.71. The molecular weight excluding hydrogens is 242 g/mol. The van der Waals surface area contributed by atoms with Gasteiger partial charge in [0, 0.05) is 24.8 Å². The Morgan fingerprint density at radius 1 is 1.42 bits per heavy atom. The Balaban J connectivity index is 1.80. The summed E-state index contributed by atoms with van der Waals surface area (Å²) < 4.78 is 5.07. The summed E-state index contributed by atoms with van der Waals surface area (Å²) in [6.07, 6.45) is 1.02. The van der Waals surface area contributed by atoms with E-state index in [0.29, 0.717) is 0 Å². The molecule has 0 radical (unpaired) electrons. The van der Waals surface area contributed by atoms with E-state index in [0.717, 1.165) is 37.5 Å². The Hall–Kier alpha value is -1.75. The molecule has 0 bridgehead atoms. The predicted molar refractivity (Wildman–Crippen MR) is 75.7 cm³/mol. The Morgan fingerprint density at radius 2 is 2.16 bits per heavy atom. The number of carbonyl (C=O) groups is 1. The molecule has 1 heterocycles. The molecule has 104 valence electrons. The molecule has 0 aliphatic carbocycles. The van der Waals surface area contributed by atoms with Crippen LogP contribution in [0.15, 0.2) is 24.3 Å². The minimum Gasteiger partial charge on any atom is -0.497 e. The van der Waals surface area contributed by atoms with E-state index in [9.17, 15) is 4.79 Å². The highest BCUT2D eigenvalue weighted by Gasteiger charge is 2.22. The molecule has 1 aliphatic heterocycles. The third kappa shape index (κ3) is 3.86. The number of likely N-dealkylation sites (tertiary alicyclic amines) is 1. The van der Waals surface area contributed by atoms with Crippen molar-refractivity contribution in [1.29, 1.82) is 0 Å². The molecular formula is C14H21N3O2. The first kappa shape index (κ1) is 13.7. The monoisotopic (exact) mass is 263 g/mol. The Labute approximate surface area is 113 Å². The van der Waals surface area contributed by atoms with Gasteiger partial charge in [-0.25, -0.2) is 4.79 Å². The summed E-state index contributed by atoms with van der Waals surface area (Å²) in [6, 6.07) is 7.40. The summed E-state index contributed by atoms with van der Waals surface area (Å²) in [6.45, 7) is 5.18. The van der Waals surface area contributed by atoms with Gasteiger partial charge in [0.05, 0.1) is 7.11 Å². The Kier molecular flexibility index (Phi) is 4.63. The zero-order chi connectivity index (χ0) is 13.7. The smallest absolute Gasteiger partial charge is 0.319 e. The van der Waals surface area contributed by atoms with Crippen LogP contribution in [0.4, 0.5) is 10.5 Å². The number of hydrogen-bond donors (Lipinski definition) is 2. The molecule has 19 heavy (non-hydrogen) atoms. The van der Waals surface area contributed by atoms with Crippen molar-refractivity contribution < 1.29 is 9.53 Å². The van der Waals surface area contributed by atoms with Crippen molar-refractivity contribution in [2.75, 3.05) is 32.1 Å². The minimum absolute atomic E-state index is 0.145. The number of anilines is 1. The molecule has 0 unspecified atom stereocenters. The number of benzene rings is 1. The molecule has 0 spiro atoms. The highest BCUT2D eigenvalue weighted by atomic mass is 16.5. The fraction of sp³-hybridized carbons (Fsp3) is 0.500. The van der Waals surface area contributed by atoms with E-state index in [2.05, 4.69) is 22.5 Å². The van der Waals surface area contributed by atoms with Gasteiger partial charge in [0.15, 0.2) is 0 Å². The van der Waals surface area contributed by atoms with Crippen molar-refractivity contribution in [3.8, 4) is 5.75 Å². The van der Waals surface area contributed by atoms with E-state index in [1.54, 1.807) is 7.11 Å². The van der Waals surface area contributed by atoms with Crippen molar-refractivity contribution in [2.24, 2.45) is 0 Å². The maximum atomic E-state index is 11.8. The van der Waals surface area contributed by atoms with Gasteiger partial charge in [0.2, 0.25) is 0 Å². The Morgan fingerprint density at radius 3 is 2.74 bits per heavy atom.